The smallest absolute Gasteiger partial charge is 0.353 e. The summed E-state index contributed by atoms with van der Waals surface area (Å²) < 4.78 is 10.0. The van der Waals surface area contributed by atoms with Crippen molar-refractivity contribution in [1.29, 1.82) is 0 Å². The van der Waals surface area contributed by atoms with Gasteiger partial charge in [0, 0.05) is 11.1 Å². The van der Waals surface area contributed by atoms with Gasteiger partial charge in [0.15, 0.2) is 0 Å². The maximum atomic E-state index is 13.0. The van der Waals surface area contributed by atoms with Crippen LogP contribution in [0.3, 0.4) is 0 Å². The predicted molar refractivity (Wildman–Crippen MR) is 111 cm³/mol. The molecule has 1 aliphatic heterocycles. The Labute approximate surface area is 174 Å². The van der Waals surface area contributed by atoms with Crippen molar-refractivity contribution in [2.75, 3.05) is 14.2 Å². The molecule has 7 heteroatoms. The van der Waals surface area contributed by atoms with Crippen molar-refractivity contribution in [3.05, 3.63) is 77.6 Å². The second kappa shape index (κ2) is 8.24. The van der Waals surface area contributed by atoms with Gasteiger partial charge in [-0.3, -0.25) is 14.5 Å². The van der Waals surface area contributed by atoms with Gasteiger partial charge in [-0.2, -0.15) is 0 Å². The monoisotopic (exact) mass is 406 g/mol. The number of rotatable bonds is 6. The van der Waals surface area contributed by atoms with Gasteiger partial charge in [-0.15, -0.1) is 0 Å². The molecule has 7 nitrogen and oxygen atoms in total. The van der Waals surface area contributed by atoms with E-state index in [2.05, 4.69) is 23.2 Å². The Balaban J connectivity index is 1.93. The van der Waals surface area contributed by atoms with Crippen LogP contribution in [0.5, 0.6) is 5.75 Å². The molecule has 0 atom stereocenters. The summed E-state index contributed by atoms with van der Waals surface area (Å²) in [6.07, 6.45) is 0. The molecule has 30 heavy (non-hydrogen) atoms. The van der Waals surface area contributed by atoms with Crippen LogP contribution in [0, 0.1) is 6.92 Å². The molecule has 0 saturated heterocycles. The van der Waals surface area contributed by atoms with Gasteiger partial charge in [0.25, 0.3) is 11.8 Å². The molecule has 0 aromatic heterocycles. The number of ether oxygens (including phenoxy) is 2. The summed E-state index contributed by atoms with van der Waals surface area (Å²) in [7, 11) is 2.77. The molecular formula is C23H22N2O5. The Morgan fingerprint density at radius 1 is 1.07 bits per heavy atom. The Kier molecular flexibility index (Phi) is 5.73. The van der Waals surface area contributed by atoms with Gasteiger partial charge < -0.3 is 14.8 Å². The number of carbonyl (C=O) groups is 3. The van der Waals surface area contributed by atoms with Gasteiger partial charge in [0.2, 0.25) is 0 Å². The van der Waals surface area contributed by atoms with Gasteiger partial charge in [-0.25, -0.2) is 4.79 Å². The van der Waals surface area contributed by atoms with Crippen molar-refractivity contribution >= 4 is 17.8 Å². The first-order valence-corrected chi connectivity index (χ1v) is 9.14. The lowest BCUT2D eigenvalue weighted by Gasteiger charge is -2.18. The zero-order valence-electron chi connectivity index (χ0n) is 17.1. The van der Waals surface area contributed by atoms with Crippen LogP contribution in [0.15, 0.2) is 61.0 Å². The number of fused-ring (bicyclic) bond motifs is 1. The van der Waals surface area contributed by atoms with Crippen molar-refractivity contribution < 1.29 is 23.9 Å². The van der Waals surface area contributed by atoms with Gasteiger partial charge >= 0.3 is 5.97 Å². The largest absolute Gasteiger partial charge is 0.496 e. The number of methoxy groups -OCH3 is 2. The summed E-state index contributed by atoms with van der Waals surface area (Å²) in [4.78, 5) is 38.2. The standard InChI is InChI=1S/C23H22N2O5/c1-13-9-10-20(29-4)18(11-13)16-7-6-8-17-19(16)12-25(22(17)27)15(3)21(26)24-14(2)23(28)30-5/h6-11H,2-3,12H2,1,4-5H3,(H,24,26). The molecule has 0 unspecified atom stereocenters. The Morgan fingerprint density at radius 2 is 1.77 bits per heavy atom. The molecule has 154 valence electrons. The van der Waals surface area contributed by atoms with Crippen LogP contribution in [-0.2, 0) is 20.9 Å². The van der Waals surface area contributed by atoms with E-state index in [1.54, 1.807) is 19.2 Å². The normalized spacial score (nSPS) is 12.2. The molecule has 0 radical (unpaired) electrons. The van der Waals surface area contributed by atoms with Gasteiger partial charge in [-0.05, 0) is 36.2 Å². The average molecular weight is 406 g/mol. The maximum Gasteiger partial charge on any atom is 0.353 e. The van der Waals surface area contributed by atoms with E-state index in [4.69, 9.17) is 4.74 Å². The van der Waals surface area contributed by atoms with Crippen LogP contribution in [0.1, 0.15) is 21.5 Å². The lowest BCUT2D eigenvalue weighted by molar-refractivity contribution is -0.137. The molecule has 1 N–H and O–H groups in total. The SMILES string of the molecule is C=C(NC(=O)C(=C)N1Cc2c(cccc2-c2cc(C)ccc2OC)C1=O)C(=O)OC. The van der Waals surface area contributed by atoms with E-state index in [0.717, 1.165) is 22.3 Å². The summed E-state index contributed by atoms with van der Waals surface area (Å²) in [5, 5.41) is 2.31. The third kappa shape index (κ3) is 3.69. The number of nitrogens with one attached hydrogen (secondary N) is 1. The molecule has 1 heterocycles. The minimum atomic E-state index is -0.777. The molecule has 2 aromatic rings. The molecule has 0 spiro atoms. The van der Waals surface area contributed by atoms with E-state index < -0.39 is 11.9 Å². The fourth-order valence-electron chi connectivity index (χ4n) is 3.34. The van der Waals surface area contributed by atoms with Gasteiger partial charge in [-0.1, -0.05) is 36.9 Å². The van der Waals surface area contributed by atoms with Crippen LogP contribution < -0.4 is 10.1 Å². The number of hydrogen-bond donors (Lipinski definition) is 1. The zero-order chi connectivity index (χ0) is 22.0. The molecule has 0 aliphatic carbocycles. The second-order valence-electron chi connectivity index (χ2n) is 6.80. The van der Waals surface area contributed by atoms with Crippen molar-refractivity contribution in [2.45, 2.75) is 13.5 Å². The number of aryl methyl sites for hydroxylation is 1. The first kappa shape index (κ1) is 20.9. The van der Waals surface area contributed by atoms with Crippen molar-refractivity contribution in [2.24, 2.45) is 0 Å². The summed E-state index contributed by atoms with van der Waals surface area (Å²) >= 11 is 0. The summed E-state index contributed by atoms with van der Waals surface area (Å²) in [6, 6.07) is 11.2. The van der Waals surface area contributed by atoms with Gasteiger partial charge in [0.1, 0.15) is 17.1 Å². The third-order valence-corrected chi connectivity index (χ3v) is 4.90. The Bertz CT molecular complexity index is 1090. The molecule has 0 fully saturated rings. The lowest BCUT2D eigenvalue weighted by atomic mass is 9.95. The summed E-state index contributed by atoms with van der Waals surface area (Å²) in [6.45, 7) is 9.32. The van der Waals surface area contributed by atoms with Crippen LogP contribution >= 0.6 is 0 Å². The zero-order valence-corrected chi connectivity index (χ0v) is 17.1. The Morgan fingerprint density at radius 3 is 2.43 bits per heavy atom. The van der Waals surface area contributed by atoms with Crippen molar-refractivity contribution in [3.63, 3.8) is 0 Å². The van der Waals surface area contributed by atoms with E-state index >= 15 is 0 Å². The lowest BCUT2D eigenvalue weighted by Crippen LogP contribution is -2.36. The quantitative estimate of drug-likeness (QED) is 0.589. The fourth-order valence-corrected chi connectivity index (χ4v) is 3.34. The number of esters is 1. The molecule has 0 saturated carbocycles. The van der Waals surface area contributed by atoms with E-state index in [0.29, 0.717) is 11.3 Å². The van der Waals surface area contributed by atoms with E-state index in [1.165, 1.54) is 12.0 Å². The molecule has 2 amide bonds. The molecular weight excluding hydrogens is 384 g/mol. The number of hydrogen-bond acceptors (Lipinski definition) is 5. The van der Waals surface area contributed by atoms with Crippen LogP contribution in [-0.4, -0.2) is 36.9 Å². The van der Waals surface area contributed by atoms with E-state index in [-0.39, 0.29) is 23.8 Å². The maximum absolute atomic E-state index is 13.0. The van der Waals surface area contributed by atoms with E-state index in [9.17, 15) is 14.4 Å². The van der Waals surface area contributed by atoms with E-state index in [1.807, 2.05) is 31.2 Å². The molecule has 1 aliphatic rings. The van der Waals surface area contributed by atoms with Crippen molar-refractivity contribution in [1.82, 2.24) is 10.2 Å². The predicted octanol–water partition coefficient (Wildman–Crippen LogP) is 2.94. The number of nitrogens with zero attached hydrogens (tertiary/aromatic N) is 1. The highest BCUT2D eigenvalue weighted by Crippen LogP contribution is 2.38. The minimum absolute atomic E-state index is 0.0941. The summed E-state index contributed by atoms with van der Waals surface area (Å²) in [5.74, 6) is -1.14. The topological polar surface area (TPSA) is 84.9 Å². The number of amides is 2. The summed E-state index contributed by atoms with van der Waals surface area (Å²) in [5.41, 5.74) is 3.68. The van der Waals surface area contributed by atoms with Gasteiger partial charge in [0.05, 0.1) is 20.8 Å². The van der Waals surface area contributed by atoms with Crippen LogP contribution in [0.2, 0.25) is 0 Å². The average Bonchev–Trinajstić information content (AvgIpc) is 3.09. The fraction of sp³-hybridized carbons (Fsp3) is 0.174. The minimum Gasteiger partial charge on any atom is -0.496 e. The highest BCUT2D eigenvalue weighted by Gasteiger charge is 2.34. The molecule has 3 rings (SSSR count). The number of carbonyl (C=O) groups excluding carboxylic acids is 3. The van der Waals surface area contributed by atoms with Crippen LogP contribution in [0.4, 0.5) is 0 Å². The van der Waals surface area contributed by atoms with Crippen molar-refractivity contribution in [3.8, 4) is 16.9 Å². The molecule has 2 aromatic carbocycles. The first-order valence-electron chi connectivity index (χ1n) is 9.14. The first-order chi connectivity index (χ1) is 14.3. The third-order valence-electron chi connectivity index (χ3n) is 4.90. The second-order valence-corrected chi connectivity index (χ2v) is 6.80. The molecule has 0 bridgehead atoms. The number of benzene rings is 2. The Hall–Kier alpha value is -3.87. The highest BCUT2D eigenvalue weighted by molar-refractivity contribution is 6.08. The highest BCUT2D eigenvalue weighted by atomic mass is 16.5. The van der Waals surface area contributed by atoms with Crippen LogP contribution in [0.25, 0.3) is 11.1 Å².